The minimum Gasteiger partial charge on any atom is -0.445 e. The first kappa shape index (κ1) is 25.5. The van der Waals surface area contributed by atoms with Crippen molar-refractivity contribution in [2.45, 2.75) is 12.4 Å². The van der Waals surface area contributed by atoms with Crippen molar-refractivity contribution < 1.29 is 23.1 Å². The van der Waals surface area contributed by atoms with E-state index in [0.29, 0.717) is 22.6 Å². The molecule has 0 fully saturated rings. The van der Waals surface area contributed by atoms with E-state index in [1.54, 1.807) is 84.9 Å². The summed E-state index contributed by atoms with van der Waals surface area (Å²) >= 11 is 0. The van der Waals surface area contributed by atoms with Crippen molar-refractivity contribution in [3.8, 4) is 11.5 Å². The molecule has 1 amide bonds. The molecule has 0 saturated carbocycles. The Balaban J connectivity index is 1.69. The number of ether oxygens (including phenoxy) is 1. The Morgan fingerprint density at radius 2 is 1.27 bits per heavy atom. The highest BCUT2D eigenvalue weighted by Crippen LogP contribution is 2.59. The molecule has 0 heterocycles. The largest absolute Gasteiger partial charge is 0.457 e. The maximum absolute atomic E-state index is 14.5. The fourth-order valence-corrected chi connectivity index (χ4v) is 5.33. The molecule has 188 valence electrons. The maximum atomic E-state index is 14.5. The van der Waals surface area contributed by atoms with Crippen LogP contribution < -0.4 is 20.1 Å². The Morgan fingerprint density at radius 3 is 1.76 bits per heavy atom. The van der Waals surface area contributed by atoms with Gasteiger partial charge in [0.25, 0.3) is 0 Å². The van der Waals surface area contributed by atoms with Gasteiger partial charge in [0.05, 0.1) is 0 Å². The molecule has 4 aromatic rings. The van der Waals surface area contributed by atoms with E-state index in [4.69, 9.17) is 24.9 Å². The topological polar surface area (TPSA) is 124 Å². The number of nitrogens with one attached hydrogen (secondary N) is 2. The Labute approximate surface area is 215 Å². The first-order valence-corrected chi connectivity index (χ1v) is 13.0. The second-order valence-electron chi connectivity index (χ2n) is 7.99. The number of rotatable bonds is 10. The van der Waals surface area contributed by atoms with E-state index >= 15 is 0 Å². The average Bonchev–Trinajstić information content (AvgIpc) is 2.92. The molecule has 0 unspecified atom stereocenters. The zero-order valence-corrected chi connectivity index (χ0v) is 20.7. The monoisotopic (exact) mass is 515 g/mol. The number of hydrogen-bond donors (Lipinski definition) is 3. The number of benzene rings is 4. The number of amides is 1. The number of para-hydroxylation sites is 2. The summed E-state index contributed by atoms with van der Waals surface area (Å²) in [7, 11) is -4.18. The quantitative estimate of drug-likeness (QED) is 0.130. The Kier molecular flexibility index (Phi) is 8.23. The molecule has 1 atom stereocenters. The van der Waals surface area contributed by atoms with E-state index in [1.807, 2.05) is 30.3 Å². The summed E-state index contributed by atoms with van der Waals surface area (Å²) in [5.74, 6) is -0.780. The number of hydrogen-bond acceptors (Lipinski definition) is 6. The lowest BCUT2D eigenvalue weighted by atomic mass is 10.1. The molecule has 9 heteroatoms. The van der Waals surface area contributed by atoms with E-state index in [1.165, 1.54) is 0 Å². The average molecular weight is 516 g/mol. The molecule has 0 aliphatic rings. The lowest BCUT2D eigenvalue weighted by Gasteiger charge is -2.28. The highest BCUT2D eigenvalue weighted by molar-refractivity contribution is 7.55. The molecular formula is C28H26N3O5P. The zero-order chi connectivity index (χ0) is 26.1. The summed E-state index contributed by atoms with van der Waals surface area (Å²) in [6, 6.07) is 32.7. The van der Waals surface area contributed by atoms with Crippen LogP contribution in [0.5, 0.6) is 11.5 Å². The van der Waals surface area contributed by atoms with Crippen LogP contribution in [0.3, 0.4) is 0 Å². The SMILES string of the molecule is N=C(N)c1ccc([C@@H](NC(=O)OCc2ccccc2)P(=O)(Oc2ccccc2)Oc2ccccc2)cc1. The standard InChI is InChI=1S/C28H26N3O5P/c29-26(30)22-16-18-23(19-17-22)27(31-28(32)34-20-21-10-4-1-5-11-21)37(33,35-24-12-6-2-7-13-24)36-25-14-8-3-9-15-25/h1-19,27H,20H2,(H3,29,30)(H,31,32)/t27-/m0/s1. The van der Waals surface area contributed by atoms with E-state index in [-0.39, 0.29) is 12.4 Å². The highest BCUT2D eigenvalue weighted by atomic mass is 31.2. The van der Waals surface area contributed by atoms with E-state index < -0.39 is 19.5 Å². The summed E-state index contributed by atoms with van der Waals surface area (Å²) in [4.78, 5) is 12.9. The first-order chi connectivity index (χ1) is 17.9. The summed E-state index contributed by atoms with van der Waals surface area (Å²) < 4.78 is 31.8. The van der Waals surface area contributed by atoms with E-state index in [2.05, 4.69) is 5.32 Å². The van der Waals surface area contributed by atoms with Crippen LogP contribution in [0, 0.1) is 5.41 Å². The van der Waals surface area contributed by atoms with Crippen molar-refractivity contribution >= 4 is 19.5 Å². The lowest BCUT2D eigenvalue weighted by molar-refractivity contribution is 0.137. The van der Waals surface area contributed by atoms with Crippen molar-refractivity contribution in [1.29, 1.82) is 5.41 Å². The van der Waals surface area contributed by atoms with Gasteiger partial charge in [-0.3, -0.25) is 5.41 Å². The summed E-state index contributed by atoms with van der Waals surface area (Å²) in [6.07, 6.45) is -0.807. The number of amidine groups is 1. The highest BCUT2D eigenvalue weighted by Gasteiger charge is 2.42. The van der Waals surface area contributed by atoms with Crippen LogP contribution in [0.2, 0.25) is 0 Å². The third-order valence-corrected chi connectivity index (χ3v) is 7.26. The zero-order valence-electron chi connectivity index (χ0n) is 19.8. The van der Waals surface area contributed by atoms with Gasteiger partial charge in [0, 0.05) is 5.56 Å². The van der Waals surface area contributed by atoms with E-state index in [9.17, 15) is 9.36 Å². The minimum absolute atomic E-state index is 0.0199. The Bertz CT molecular complexity index is 1320. The fraction of sp³-hybridized carbons (Fsp3) is 0.0714. The molecule has 8 nitrogen and oxygen atoms in total. The number of alkyl carbamates (subject to hydrolysis) is 1. The number of carbonyl (C=O) groups excluding carboxylic acids is 1. The molecular weight excluding hydrogens is 489 g/mol. The second kappa shape index (κ2) is 11.9. The molecule has 0 aliphatic heterocycles. The van der Waals surface area contributed by atoms with Crippen molar-refractivity contribution in [3.63, 3.8) is 0 Å². The van der Waals surface area contributed by atoms with Gasteiger partial charge in [-0.2, -0.15) is 0 Å². The van der Waals surface area contributed by atoms with Crippen molar-refractivity contribution in [1.82, 2.24) is 5.32 Å². The predicted molar refractivity (Wildman–Crippen MR) is 142 cm³/mol. The Hall–Kier alpha value is -4.55. The van der Waals surface area contributed by atoms with Crippen molar-refractivity contribution in [3.05, 3.63) is 132 Å². The molecule has 37 heavy (non-hydrogen) atoms. The van der Waals surface area contributed by atoms with Gasteiger partial charge in [-0.15, -0.1) is 0 Å². The summed E-state index contributed by atoms with van der Waals surface area (Å²) in [5, 5.41) is 10.3. The van der Waals surface area contributed by atoms with Gasteiger partial charge in [-0.25, -0.2) is 9.36 Å². The smallest absolute Gasteiger partial charge is 0.445 e. The normalized spacial score (nSPS) is 11.7. The first-order valence-electron chi connectivity index (χ1n) is 11.4. The van der Waals surface area contributed by atoms with Gasteiger partial charge in [-0.1, -0.05) is 91.0 Å². The molecule has 0 saturated heterocycles. The van der Waals surface area contributed by atoms with E-state index in [0.717, 1.165) is 5.56 Å². The summed E-state index contributed by atoms with van der Waals surface area (Å²) in [6.45, 7) is 0.0199. The Morgan fingerprint density at radius 1 is 0.784 bits per heavy atom. The van der Waals surface area contributed by atoms with Gasteiger partial charge in [0.1, 0.15) is 23.9 Å². The number of nitrogens with two attached hydrogens (primary N) is 1. The van der Waals surface area contributed by atoms with Crippen LogP contribution in [-0.4, -0.2) is 11.9 Å². The molecule has 0 aromatic heterocycles. The molecule has 0 radical (unpaired) electrons. The third kappa shape index (κ3) is 6.99. The van der Waals surface area contributed by atoms with Gasteiger partial charge < -0.3 is 24.8 Å². The second-order valence-corrected chi connectivity index (χ2v) is 9.95. The van der Waals surface area contributed by atoms with Crippen molar-refractivity contribution in [2.75, 3.05) is 0 Å². The van der Waals surface area contributed by atoms with Gasteiger partial charge in [0.2, 0.25) is 0 Å². The maximum Gasteiger partial charge on any atom is 0.457 e. The van der Waals surface area contributed by atoms with Crippen LogP contribution in [0.1, 0.15) is 22.5 Å². The fourth-order valence-electron chi connectivity index (χ4n) is 3.45. The van der Waals surface area contributed by atoms with Gasteiger partial charge in [0.15, 0.2) is 5.78 Å². The number of nitrogen functional groups attached to an aromatic ring is 1. The predicted octanol–water partition coefficient (Wildman–Crippen LogP) is 6.25. The van der Waals surface area contributed by atoms with Crippen molar-refractivity contribution in [2.24, 2.45) is 5.73 Å². The van der Waals surface area contributed by atoms with Crippen LogP contribution in [-0.2, 0) is 15.9 Å². The molecule has 0 aliphatic carbocycles. The summed E-state index contributed by atoms with van der Waals surface area (Å²) in [5.41, 5.74) is 7.27. The molecule has 0 spiro atoms. The van der Waals surface area contributed by atoms with Gasteiger partial charge >= 0.3 is 13.7 Å². The molecule has 4 aromatic carbocycles. The molecule has 4 N–H and O–H groups in total. The third-order valence-electron chi connectivity index (χ3n) is 5.27. The minimum atomic E-state index is -4.18. The van der Waals surface area contributed by atoms with Crippen LogP contribution in [0.25, 0.3) is 0 Å². The van der Waals surface area contributed by atoms with Gasteiger partial charge in [-0.05, 0) is 35.4 Å². The molecule has 4 rings (SSSR count). The molecule has 0 bridgehead atoms. The van der Waals surface area contributed by atoms with Crippen LogP contribution in [0.4, 0.5) is 4.79 Å². The van der Waals surface area contributed by atoms with Crippen LogP contribution in [0.15, 0.2) is 115 Å². The lowest BCUT2D eigenvalue weighted by Crippen LogP contribution is -2.31. The number of carbonyl (C=O) groups is 1. The van der Waals surface area contributed by atoms with Crippen LogP contribution >= 0.6 is 7.60 Å².